The predicted molar refractivity (Wildman–Crippen MR) is 60.1 cm³/mol. The minimum atomic E-state index is -0.108. The maximum absolute atomic E-state index is 3.84. The second-order valence-corrected chi connectivity index (χ2v) is 5.13. The lowest BCUT2D eigenvalue weighted by Gasteiger charge is -2.19. The fourth-order valence-corrected chi connectivity index (χ4v) is 2.42. The van der Waals surface area contributed by atoms with E-state index in [4.69, 9.17) is 0 Å². The molecule has 2 heteroatoms. The van der Waals surface area contributed by atoms with E-state index in [1.165, 1.54) is 38.8 Å². The quantitative estimate of drug-likeness (QED) is 0.524. The van der Waals surface area contributed by atoms with Gasteiger partial charge in [-0.2, -0.15) is 0 Å². The van der Waals surface area contributed by atoms with Gasteiger partial charge in [0.05, 0.1) is 0 Å². The molecule has 0 saturated carbocycles. The van der Waals surface area contributed by atoms with Crippen molar-refractivity contribution in [2.75, 3.05) is 13.1 Å². The lowest BCUT2D eigenvalue weighted by Crippen LogP contribution is -2.28. The van der Waals surface area contributed by atoms with Crippen molar-refractivity contribution in [3.05, 3.63) is 12.3 Å². The zero-order valence-electron chi connectivity index (χ0n) is 8.68. The van der Waals surface area contributed by atoms with Crippen LogP contribution in [0.1, 0.15) is 39.5 Å². The molecule has 0 unspecified atom stereocenters. The van der Waals surface area contributed by atoms with Crippen molar-refractivity contribution >= 4 is 9.68 Å². The van der Waals surface area contributed by atoms with Crippen LogP contribution < -0.4 is 0 Å². The van der Waals surface area contributed by atoms with Gasteiger partial charge in [0.1, 0.15) is 9.68 Å². The first-order valence-corrected chi connectivity index (χ1v) is 6.63. The lowest BCUT2D eigenvalue weighted by atomic mass is 10.3. The third kappa shape index (κ3) is 6.62. The fraction of sp³-hybridized carbons (Fsp3) is 0.800. The number of hydrogen-bond donors (Lipinski definition) is 0. The SMILES string of the molecule is C=C[SiH2]N(CCCC)CCCC. The van der Waals surface area contributed by atoms with Crippen molar-refractivity contribution in [3.8, 4) is 0 Å². The topological polar surface area (TPSA) is 3.24 Å². The van der Waals surface area contributed by atoms with Gasteiger partial charge in [-0.25, -0.2) is 0 Å². The van der Waals surface area contributed by atoms with Crippen molar-refractivity contribution in [3.63, 3.8) is 0 Å². The van der Waals surface area contributed by atoms with Crippen LogP contribution in [0.2, 0.25) is 0 Å². The van der Waals surface area contributed by atoms with Crippen molar-refractivity contribution in [1.82, 2.24) is 4.57 Å². The summed E-state index contributed by atoms with van der Waals surface area (Å²) >= 11 is 0. The molecule has 0 rings (SSSR count). The molecule has 0 aromatic heterocycles. The molecule has 0 saturated heterocycles. The van der Waals surface area contributed by atoms with E-state index in [0.717, 1.165) is 0 Å². The monoisotopic (exact) mass is 185 g/mol. The Morgan fingerprint density at radius 1 is 1.17 bits per heavy atom. The number of nitrogens with zero attached hydrogens (tertiary/aromatic N) is 1. The minimum absolute atomic E-state index is 0.108. The van der Waals surface area contributed by atoms with Gasteiger partial charge in [0.2, 0.25) is 0 Å². The highest BCUT2D eigenvalue weighted by molar-refractivity contribution is 6.38. The predicted octanol–water partition coefficient (Wildman–Crippen LogP) is 2.12. The molecule has 0 atom stereocenters. The largest absolute Gasteiger partial charge is 0.325 e. The second kappa shape index (κ2) is 9.01. The lowest BCUT2D eigenvalue weighted by molar-refractivity contribution is 0.423. The molecule has 0 aromatic rings. The van der Waals surface area contributed by atoms with Gasteiger partial charge in [0, 0.05) is 0 Å². The van der Waals surface area contributed by atoms with E-state index in [0.29, 0.717) is 0 Å². The van der Waals surface area contributed by atoms with Gasteiger partial charge >= 0.3 is 0 Å². The normalized spacial score (nSPS) is 11.6. The van der Waals surface area contributed by atoms with Gasteiger partial charge < -0.3 is 4.57 Å². The van der Waals surface area contributed by atoms with Gasteiger partial charge in [0.15, 0.2) is 0 Å². The van der Waals surface area contributed by atoms with Crippen LogP contribution in [-0.2, 0) is 0 Å². The molecule has 0 aliphatic carbocycles. The molecule has 0 amide bonds. The Balaban J connectivity index is 3.46. The van der Waals surface area contributed by atoms with Crippen molar-refractivity contribution in [1.29, 1.82) is 0 Å². The second-order valence-electron chi connectivity index (χ2n) is 3.30. The summed E-state index contributed by atoms with van der Waals surface area (Å²) in [6, 6.07) is 0. The van der Waals surface area contributed by atoms with E-state index in [2.05, 4.69) is 30.7 Å². The average Bonchev–Trinajstić information content (AvgIpc) is 2.10. The molecule has 0 spiro atoms. The first-order valence-electron chi connectivity index (χ1n) is 5.18. The smallest absolute Gasteiger partial charge is 0.119 e. The molecule has 0 heterocycles. The fourth-order valence-electron chi connectivity index (χ4n) is 1.24. The maximum Gasteiger partial charge on any atom is 0.119 e. The summed E-state index contributed by atoms with van der Waals surface area (Å²) in [6.45, 7) is 11.0. The van der Waals surface area contributed by atoms with Crippen molar-refractivity contribution < 1.29 is 0 Å². The van der Waals surface area contributed by atoms with E-state index in [1.54, 1.807) is 0 Å². The van der Waals surface area contributed by atoms with Crippen LogP contribution in [0.25, 0.3) is 0 Å². The molecular formula is C10H23NSi. The van der Waals surface area contributed by atoms with Gasteiger partial charge in [-0.15, -0.1) is 6.58 Å². The molecule has 0 aliphatic rings. The Labute approximate surface area is 79.7 Å². The molecular weight excluding hydrogens is 162 g/mol. The molecule has 0 radical (unpaired) electrons. The van der Waals surface area contributed by atoms with E-state index in [-0.39, 0.29) is 9.68 Å². The zero-order chi connectivity index (χ0) is 9.23. The van der Waals surface area contributed by atoms with Crippen molar-refractivity contribution in [2.45, 2.75) is 39.5 Å². The molecule has 0 fully saturated rings. The molecule has 0 bridgehead atoms. The Morgan fingerprint density at radius 3 is 2.00 bits per heavy atom. The third-order valence-corrected chi connectivity index (χ3v) is 3.45. The van der Waals surface area contributed by atoms with Gasteiger partial charge in [-0.3, -0.25) is 0 Å². The summed E-state index contributed by atoms with van der Waals surface area (Å²) in [6.07, 6.45) is 5.33. The standard InChI is InChI=1S/C10H23NSi/c1-4-7-9-11(12-6-3)10-8-5-2/h6H,3-5,7-10,12H2,1-2H3. The van der Waals surface area contributed by atoms with Gasteiger partial charge in [0.25, 0.3) is 0 Å². The maximum atomic E-state index is 3.84. The van der Waals surface area contributed by atoms with Gasteiger partial charge in [-0.05, 0) is 25.9 Å². The van der Waals surface area contributed by atoms with Crippen LogP contribution >= 0.6 is 0 Å². The van der Waals surface area contributed by atoms with E-state index in [1.807, 2.05) is 0 Å². The van der Waals surface area contributed by atoms with Crippen LogP contribution in [-0.4, -0.2) is 27.3 Å². The number of rotatable bonds is 8. The first-order chi connectivity index (χ1) is 5.85. The molecule has 0 aliphatic heterocycles. The van der Waals surface area contributed by atoms with Crippen LogP contribution in [0.4, 0.5) is 0 Å². The van der Waals surface area contributed by atoms with E-state index >= 15 is 0 Å². The van der Waals surface area contributed by atoms with Crippen molar-refractivity contribution in [2.24, 2.45) is 0 Å². The van der Waals surface area contributed by atoms with Crippen LogP contribution in [0, 0.1) is 0 Å². The summed E-state index contributed by atoms with van der Waals surface area (Å²) in [5.74, 6) is 0. The molecule has 12 heavy (non-hydrogen) atoms. The Morgan fingerprint density at radius 2 is 1.67 bits per heavy atom. The van der Waals surface area contributed by atoms with Gasteiger partial charge in [-0.1, -0.05) is 32.4 Å². The molecule has 1 nitrogen and oxygen atoms in total. The Hall–Kier alpha value is -0.0831. The van der Waals surface area contributed by atoms with Crippen LogP contribution in [0.5, 0.6) is 0 Å². The highest BCUT2D eigenvalue weighted by atomic mass is 28.2. The highest BCUT2D eigenvalue weighted by Gasteiger charge is 2.00. The molecule has 72 valence electrons. The third-order valence-electron chi connectivity index (χ3n) is 2.04. The zero-order valence-corrected chi connectivity index (χ0v) is 10.1. The number of hydrogen-bond acceptors (Lipinski definition) is 1. The number of unbranched alkanes of at least 4 members (excludes halogenated alkanes) is 2. The summed E-state index contributed by atoms with van der Waals surface area (Å²) in [5.41, 5.74) is 2.14. The Bertz CT molecular complexity index is 96.0. The van der Waals surface area contributed by atoms with E-state index < -0.39 is 0 Å². The summed E-state index contributed by atoms with van der Waals surface area (Å²) < 4.78 is 2.62. The molecule has 0 N–H and O–H groups in total. The summed E-state index contributed by atoms with van der Waals surface area (Å²) in [4.78, 5) is 0. The Kier molecular flexibility index (Phi) is 8.95. The van der Waals surface area contributed by atoms with Crippen LogP contribution in [0.15, 0.2) is 12.3 Å². The highest BCUT2D eigenvalue weighted by Crippen LogP contribution is 1.97. The minimum Gasteiger partial charge on any atom is -0.325 e. The van der Waals surface area contributed by atoms with E-state index in [9.17, 15) is 0 Å². The molecule has 0 aromatic carbocycles. The summed E-state index contributed by atoms with van der Waals surface area (Å²) in [5, 5.41) is 0. The average molecular weight is 185 g/mol. The first kappa shape index (κ1) is 11.9. The van der Waals surface area contributed by atoms with Crippen LogP contribution in [0.3, 0.4) is 0 Å². The summed E-state index contributed by atoms with van der Waals surface area (Å²) in [7, 11) is -0.108.